The second-order valence-electron chi connectivity index (χ2n) is 5.81. The van der Waals surface area contributed by atoms with E-state index in [1.165, 1.54) is 18.5 Å². The van der Waals surface area contributed by atoms with E-state index in [-0.39, 0.29) is 38.9 Å². The number of alkyl halides is 3. The summed E-state index contributed by atoms with van der Waals surface area (Å²) < 4.78 is 65.1. The number of hydrogen-bond acceptors (Lipinski definition) is 6. The van der Waals surface area contributed by atoms with E-state index >= 15 is 0 Å². The third-order valence-electron chi connectivity index (χ3n) is 4.04. The van der Waals surface area contributed by atoms with Gasteiger partial charge in [0.15, 0.2) is 21.3 Å². The zero-order valence-electron chi connectivity index (χ0n) is 14.5. The molecular weight excluding hydrogens is 421 g/mol. The van der Waals surface area contributed by atoms with Gasteiger partial charge in [0, 0.05) is 19.4 Å². The Morgan fingerprint density at radius 3 is 2.46 bits per heavy atom. The fourth-order valence-corrected chi connectivity index (χ4v) is 3.71. The van der Waals surface area contributed by atoms with Gasteiger partial charge < -0.3 is 4.57 Å². The smallest absolute Gasteiger partial charge is 0.310 e. The molecule has 3 aromatic rings. The van der Waals surface area contributed by atoms with Crippen molar-refractivity contribution in [2.24, 2.45) is 7.05 Å². The number of hydrogen-bond donors (Lipinski definition) is 0. The van der Waals surface area contributed by atoms with Crippen molar-refractivity contribution in [3.8, 4) is 11.5 Å². The molecule has 0 fully saturated rings. The highest BCUT2D eigenvalue weighted by Crippen LogP contribution is 2.32. The molecule has 0 aromatic carbocycles. The normalized spacial score (nSPS) is 12.5. The van der Waals surface area contributed by atoms with Gasteiger partial charge in [-0.25, -0.2) is 18.4 Å². The lowest BCUT2D eigenvalue weighted by molar-refractivity contribution is -0.137. The maximum absolute atomic E-state index is 12.9. The van der Waals surface area contributed by atoms with Crippen LogP contribution in [0.5, 0.6) is 0 Å². The molecule has 0 saturated heterocycles. The van der Waals surface area contributed by atoms with Gasteiger partial charge in [-0.3, -0.25) is 9.78 Å². The van der Waals surface area contributed by atoms with E-state index in [9.17, 15) is 26.4 Å². The number of fused-ring (bicyclic) bond motifs is 1. The molecule has 0 spiro atoms. The molecule has 7 nitrogen and oxygen atoms in total. The van der Waals surface area contributed by atoms with Crippen LogP contribution in [0.15, 0.2) is 29.4 Å². The van der Waals surface area contributed by atoms with Gasteiger partial charge in [-0.05, 0) is 23.7 Å². The fraction of sp³-hybridized carbons (Fsp3) is 0.250. The Hall–Kier alpha value is -2.53. The Kier molecular flexibility index (Phi) is 4.92. The molecule has 0 N–H and O–H groups in total. The lowest BCUT2D eigenvalue weighted by atomic mass is 10.2. The number of imidazole rings is 1. The molecule has 0 radical (unpaired) electrons. The zero-order valence-corrected chi connectivity index (χ0v) is 16.0. The average molecular weight is 433 g/mol. The Morgan fingerprint density at radius 1 is 1.21 bits per heavy atom. The van der Waals surface area contributed by atoms with Crippen LogP contribution < -0.4 is 0 Å². The highest BCUT2D eigenvalue weighted by molar-refractivity contribution is 7.91. The van der Waals surface area contributed by atoms with Crippen molar-refractivity contribution in [2.45, 2.75) is 18.0 Å². The summed E-state index contributed by atoms with van der Waals surface area (Å²) in [7, 11) is -2.38. The maximum atomic E-state index is 12.9. The summed E-state index contributed by atoms with van der Waals surface area (Å²) in [5, 5.41) is -0.895. The molecule has 0 aliphatic heterocycles. The number of pyridine rings is 2. The number of sulfone groups is 1. The van der Waals surface area contributed by atoms with Crippen molar-refractivity contribution in [3.05, 3.63) is 35.7 Å². The second-order valence-corrected chi connectivity index (χ2v) is 8.40. The van der Waals surface area contributed by atoms with Crippen LogP contribution in [-0.2, 0) is 23.1 Å². The van der Waals surface area contributed by atoms with Gasteiger partial charge in [0.05, 0.1) is 21.8 Å². The summed E-state index contributed by atoms with van der Waals surface area (Å²) in [4.78, 5) is 23.0. The maximum Gasteiger partial charge on any atom is 0.417 e. The van der Waals surface area contributed by atoms with Gasteiger partial charge in [-0.1, -0.05) is 6.92 Å². The standard InChI is InChI=1S/C16H12ClF3N4O3S/c1-3-28(26,27)11-4-8(13(17)25)6-21-12(11)15-23-10-5-9(16(18,19)20)7-22-14(10)24(15)2/h4-7H,3H2,1-2H3. The van der Waals surface area contributed by atoms with Crippen LogP contribution in [0.1, 0.15) is 22.8 Å². The van der Waals surface area contributed by atoms with Gasteiger partial charge in [0.2, 0.25) is 0 Å². The van der Waals surface area contributed by atoms with E-state index < -0.39 is 26.8 Å². The summed E-state index contributed by atoms with van der Waals surface area (Å²) in [5.41, 5.74) is -1.19. The zero-order chi connectivity index (χ0) is 20.9. The fourth-order valence-electron chi connectivity index (χ4n) is 2.56. The van der Waals surface area contributed by atoms with Crippen molar-refractivity contribution in [3.63, 3.8) is 0 Å². The van der Waals surface area contributed by atoms with Gasteiger partial charge in [-0.15, -0.1) is 0 Å². The van der Waals surface area contributed by atoms with Gasteiger partial charge in [0.25, 0.3) is 5.24 Å². The van der Waals surface area contributed by atoms with Crippen molar-refractivity contribution in [1.82, 2.24) is 19.5 Å². The molecule has 0 saturated carbocycles. The number of aromatic nitrogens is 4. The Labute approximate surface area is 162 Å². The molecule has 0 aliphatic rings. The molecule has 0 amide bonds. The average Bonchev–Trinajstić information content (AvgIpc) is 2.96. The number of nitrogens with zero attached hydrogens (tertiary/aromatic N) is 4. The topological polar surface area (TPSA) is 94.8 Å². The van der Waals surface area contributed by atoms with Crippen molar-refractivity contribution < 1.29 is 26.4 Å². The lowest BCUT2D eigenvalue weighted by Gasteiger charge is -2.09. The highest BCUT2D eigenvalue weighted by Gasteiger charge is 2.32. The lowest BCUT2D eigenvalue weighted by Crippen LogP contribution is -2.10. The molecule has 0 aliphatic carbocycles. The minimum absolute atomic E-state index is 0.0116. The van der Waals surface area contributed by atoms with Crippen LogP contribution in [0.4, 0.5) is 13.2 Å². The largest absolute Gasteiger partial charge is 0.417 e. The van der Waals surface area contributed by atoms with Crippen molar-refractivity contribution in [2.75, 3.05) is 5.75 Å². The number of rotatable bonds is 4. The Morgan fingerprint density at radius 2 is 1.89 bits per heavy atom. The first kappa shape index (κ1) is 20.2. The molecule has 3 aromatic heterocycles. The molecule has 148 valence electrons. The summed E-state index contributed by atoms with van der Waals surface area (Å²) in [6, 6.07) is 1.89. The van der Waals surface area contributed by atoms with E-state index in [2.05, 4.69) is 15.0 Å². The van der Waals surface area contributed by atoms with Crippen LogP contribution in [0.25, 0.3) is 22.7 Å². The monoisotopic (exact) mass is 432 g/mol. The molecule has 0 bridgehead atoms. The minimum atomic E-state index is -4.60. The molecule has 0 unspecified atom stereocenters. The predicted octanol–water partition coefficient (Wildman–Crippen LogP) is 3.22. The van der Waals surface area contributed by atoms with Crippen LogP contribution >= 0.6 is 11.6 Å². The van der Waals surface area contributed by atoms with Crippen molar-refractivity contribution in [1.29, 1.82) is 0 Å². The predicted molar refractivity (Wildman–Crippen MR) is 94.7 cm³/mol. The van der Waals surface area contributed by atoms with Gasteiger partial charge in [-0.2, -0.15) is 13.2 Å². The third kappa shape index (κ3) is 3.47. The molecule has 12 heteroatoms. The summed E-state index contributed by atoms with van der Waals surface area (Å²) in [6.45, 7) is 1.40. The minimum Gasteiger partial charge on any atom is -0.310 e. The van der Waals surface area contributed by atoms with Gasteiger partial charge >= 0.3 is 6.18 Å². The molecule has 0 atom stereocenters. The first-order chi connectivity index (χ1) is 13.0. The van der Waals surface area contributed by atoms with Crippen LogP contribution in [-0.4, -0.2) is 38.9 Å². The summed E-state index contributed by atoms with van der Waals surface area (Å²) >= 11 is 5.41. The number of halogens is 4. The van der Waals surface area contributed by atoms with E-state index in [1.807, 2.05) is 0 Å². The van der Waals surface area contributed by atoms with Crippen molar-refractivity contribution >= 4 is 37.8 Å². The van der Waals surface area contributed by atoms with Crippen LogP contribution in [0.2, 0.25) is 0 Å². The number of aryl methyl sites for hydroxylation is 1. The highest BCUT2D eigenvalue weighted by atomic mass is 35.5. The van der Waals surface area contributed by atoms with Crippen LogP contribution in [0.3, 0.4) is 0 Å². The Bertz CT molecular complexity index is 1210. The van der Waals surface area contributed by atoms with E-state index in [4.69, 9.17) is 11.6 Å². The molecule has 28 heavy (non-hydrogen) atoms. The second kappa shape index (κ2) is 6.82. The summed E-state index contributed by atoms with van der Waals surface area (Å²) in [6.07, 6.45) is -2.86. The molecular formula is C16H12ClF3N4O3S. The van der Waals surface area contributed by atoms with E-state index in [0.29, 0.717) is 6.20 Å². The van der Waals surface area contributed by atoms with Gasteiger partial charge in [0.1, 0.15) is 11.2 Å². The summed E-state index contributed by atoms with van der Waals surface area (Å²) in [5.74, 6) is -0.301. The van der Waals surface area contributed by atoms with E-state index in [0.717, 1.165) is 18.3 Å². The first-order valence-electron chi connectivity index (χ1n) is 7.78. The van der Waals surface area contributed by atoms with E-state index in [1.54, 1.807) is 0 Å². The Balaban J connectivity index is 2.30. The molecule has 3 rings (SSSR count). The number of carbonyl (C=O) groups excluding carboxylic acids is 1. The quantitative estimate of drug-likeness (QED) is 0.587. The molecule has 3 heterocycles. The van der Waals surface area contributed by atoms with Crippen LogP contribution in [0, 0.1) is 0 Å². The SMILES string of the molecule is CCS(=O)(=O)c1cc(C(=O)Cl)cnc1-c1nc2cc(C(F)(F)F)cnc2n1C. The third-order valence-corrected chi connectivity index (χ3v) is 6.00. The number of carbonyl (C=O) groups is 1. The first-order valence-corrected chi connectivity index (χ1v) is 9.81.